The lowest BCUT2D eigenvalue weighted by Gasteiger charge is -2.52. The molecule has 2 heteroatoms. The molecular formula is C13H27NO. The summed E-state index contributed by atoms with van der Waals surface area (Å²) < 4.78 is 0. The van der Waals surface area contributed by atoms with E-state index in [1.54, 1.807) is 5.06 Å². The summed E-state index contributed by atoms with van der Waals surface area (Å²) in [6.45, 7) is 13.2. The lowest BCUT2D eigenvalue weighted by Crippen LogP contribution is -2.59. The molecule has 1 heterocycles. The van der Waals surface area contributed by atoms with Gasteiger partial charge in [-0.1, -0.05) is 20.3 Å². The molecule has 0 aromatic rings. The minimum Gasteiger partial charge on any atom is -0.313 e. The van der Waals surface area contributed by atoms with Crippen LogP contribution in [-0.4, -0.2) is 21.3 Å². The van der Waals surface area contributed by atoms with Gasteiger partial charge in [0.2, 0.25) is 0 Å². The molecule has 1 atom stereocenters. The largest absolute Gasteiger partial charge is 0.313 e. The summed E-state index contributed by atoms with van der Waals surface area (Å²) in [4.78, 5) is 0. The first kappa shape index (κ1) is 13.0. The van der Waals surface area contributed by atoms with E-state index in [0.29, 0.717) is 0 Å². The number of hydrogen-bond donors (Lipinski definition) is 1. The van der Waals surface area contributed by atoms with Crippen molar-refractivity contribution in [3.05, 3.63) is 0 Å². The van der Waals surface area contributed by atoms with Crippen molar-refractivity contribution in [2.24, 2.45) is 11.8 Å². The van der Waals surface area contributed by atoms with Gasteiger partial charge in [-0.25, -0.2) is 0 Å². The van der Waals surface area contributed by atoms with Gasteiger partial charge in [-0.2, -0.15) is 5.06 Å². The first-order chi connectivity index (χ1) is 6.70. The average Bonchev–Trinajstić information content (AvgIpc) is 2.11. The minimum atomic E-state index is -0.0875. The second kappa shape index (κ2) is 4.06. The normalized spacial score (nSPS) is 29.0. The van der Waals surface area contributed by atoms with Crippen LogP contribution in [0.1, 0.15) is 60.8 Å². The molecule has 0 saturated carbocycles. The van der Waals surface area contributed by atoms with Gasteiger partial charge in [0.1, 0.15) is 0 Å². The summed E-state index contributed by atoms with van der Waals surface area (Å²) in [5.74, 6) is 1.50. The number of nitrogens with zero attached hydrogens (tertiary/aromatic N) is 1. The zero-order chi connectivity index (χ0) is 11.9. The van der Waals surface area contributed by atoms with Gasteiger partial charge in [0.05, 0.1) is 0 Å². The van der Waals surface area contributed by atoms with E-state index < -0.39 is 0 Å². The third kappa shape index (κ3) is 2.54. The fraction of sp³-hybridized carbons (Fsp3) is 1.00. The molecule has 1 aliphatic heterocycles. The van der Waals surface area contributed by atoms with Gasteiger partial charge >= 0.3 is 0 Å². The van der Waals surface area contributed by atoms with Crippen LogP contribution in [0.15, 0.2) is 0 Å². The highest BCUT2D eigenvalue weighted by molar-refractivity contribution is 4.96. The molecule has 1 saturated heterocycles. The molecule has 0 amide bonds. The Morgan fingerprint density at radius 2 is 1.60 bits per heavy atom. The van der Waals surface area contributed by atoms with Gasteiger partial charge in [0.25, 0.3) is 0 Å². The van der Waals surface area contributed by atoms with Gasteiger partial charge < -0.3 is 5.21 Å². The van der Waals surface area contributed by atoms with E-state index in [4.69, 9.17) is 0 Å². The molecule has 15 heavy (non-hydrogen) atoms. The fourth-order valence-electron chi connectivity index (χ4n) is 3.08. The highest BCUT2D eigenvalue weighted by atomic mass is 16.5. The number of hydroxylamine groups is 2. The van der Waals surface area contributed by atoms with Crippen molar-refractivity contribution < 1.29 is 5.21 Å². The van der Waals surface area contributed by atoms with Gasteiger partial charge in [-0.3, -0.25) is 0 Å². The Kier molecular flexibility index (Phi) is 3.52. The molecule has 1 fully saturated rings. The van der Waals surface area contributed by atoms with Gasteiger partial charge in [0, 0.05) is 11.1 Å². The zero-order valence-electron chi connectivity index (χ0n) is 11.2. The van der Waals surface area contributed by atoms with Gasteiger partial charge in [-0.05, 0) is 52.4 Å². The molecule has 0 radical (unpaired) electrons. The van der Waals surface area contributed by atoms with Gasteiger partial charge in [-0.15, -0.1) is 0 Å². The maximum atomic E-state index is 10.2. The van der Waals surface area contributed by atoms with Crippen molar-refractivity contribution in [3.8, 4) is 0 Å². The Labute approximate surface area is 94.6 Å². The van der Waals surface area contributed by atoms with Crippen LogP contribution < -0.4 is 0 Å². The van der Waals surface area contributed by atoms with Crippen molar-refractivity contribution in [1.82, 2.24) is 5.06 Å². The number of rotatable bonds is 2. The molecule has 1 aliphatic rings. The highest BCUT2D eigenvalue weighted by Crippen LogP contribution is 2.43. The molecular weight excluding hydrogens is 186 g/mol. The van der Waals surface area contributed by atoms with Crippen molar-refractivity contribution in [3.63, 3.8) is 0 Å². The first-order valence-corrected chi connectivity index (χ1v) is 6.20. The van der Waals surface area contributed by atoms with Crippen molar-refractivity contribution in [1.29, 1.82) is 0 Å². The van der Waals surface area contributed by atoms with E-state index in [1.165, 1.54) is 6.42 Å². The van der Waals surface area contributed by atoms with Crippen LogP contribution in [0.3, 0.4) is 0 Å². The molecule has 0 bridgehead atoms. The van der Waals surface area contributed by atoms with Gasteiger partial charge in [0.15, 0.2) is 0 Å². The van der Waals surface area contributed by atoms with Crippen molar-refractivity contribution in [2.45, 2.75) is 71.9 Å². The van der Waals surface area contributed by atoms with E-state index in [9.17, 15) is 5.21 Å². The second-order valence-electron chi connectivity index (χ2n) is 6.49. The third-order valence-corrected chi connectivity index (χ3v) is 4.12. The van der Waals surface area contributed by atoms with E-state index in [0.717, 1.165) is 24.7 Å². The van der Waals surface area contributed by atoms with Crippen LogP contribution in [0, 0.1) is 11.8 Å². The standard InChI is InChI=1S/C13H27NO/c1-7-10(2)11-8-12(3,4)14(15)13(5,6)9-11/h10-11,15H,7-9H2,1-6H3. The maximum absolute atomic E-state index is 10.2. The smallest absolute Gasteiger partial charge is 0.0413 e. The predicted molar refractivity (Wildman–Crippen MR) is 64.0 cm³/mol. The number of hydrogen-bond acceptors (Lipinski definition) is 2. The van der Waals surface area contributed by atoms with Crippen molar-refractivity contribution in [2.75, 3.05) is 0 Å². The number of piperidine rings is 1. The van der Waals surface area contributed by atoms with Crippen LogP contribution in [0.5, 0.6) is 0 Å². The van der Waals surface area contributed by atoms with Crippen LogP contribution in [0.25, 0.3) is 0 Å². The summed E-state index contributed by atoms with van der Waals surface area (Å²) in [7, 11) is 0. The van der Waals surface area contributed by atoms with Crippen molar-refractivity contribution >= 4 is 0 Å². The van der Waals surface area contributed by atoms with Crippen LogP contribution >= 0.6 is 0 Å². The lowest BCUT2D eigenvalue weighted by atomic mass is 9.70. The predicted octanol–water partition coefficient (Wildman–Crippen LogP) is 3.69. The van der Waals surface area contributed by atoms with E-state index in [-0.39, 0.29) is 11.1 Å². The summed E-state index contributed by atoms with van der Waals surface area (Å²) >= 11 is 0. The Morgan fingerprint density at radius 1 is 1.20 bits per heavy atom. The minimum absolute atomic E-state index is 0.0875. The zero-order valence-corrected chi connectivity index (χ0v) is 11.2. The molecule has 2 nitrogen and oxygen atoms in total. The SMILES string of the molecule is CCC(C)C1CC(C)(C)N(O)C(C)(C)C1. The molecule has 0 aliphatic carbocycles. The summed E-state index contributed by atoms with van der Waals surface area (Å²) in [5.41, 5.74) is -0.175. The quantitative estimate of drug-likeness (QED) is 0.756. The molecule has 0 aromatic carbocycles. The molecule has 90 valence electrons. The summed E-state index contributed by atoms with van der Waals surface area (Å²) in [6, 6.07) is 0. The Bertz CT molecular complexity index is 205. The molecule has 0 aromatic heterocycles. The Balaban J connectivity index is 2.84. The Hall–Kier alpha value is -0.0800. The lowest BCUT2D eigenvalue weighted by molar-refractivity contribution is -0.253. The third-order valence-electron chi connectivity index (χ3n) is 4.12. The van der Waals surface area contributed by atoms with E-state index in [2.05, 4.69) is 41.5 Å². The Morgan fingerprint density at radius 3 is 1.93 bits per heavy atom. The van der Waals surface area contributed by atoms with Crippen LogP contribution in [0.2, 0.25) is 0 Å². The summed E-state index contributed by atoms with van der Waals surface area (Å²) in [6.07, 6.45) is 3.44. The average molecular weight is 213 g/mol. The second-order valence-corrected chi connectivity index (χ2v) is 6.49. The topological polar surface area (TPSA) is 23.5 Å². The van der Waals surface area contributed by atoms with E-state index in [1.807, 2.05) is 0 Å². The maximum Gasteiger partial charge on any atom is 0.0413 e. The first-order valence-electron chi connectivity index (χ1n) is 6.20. The molecule has 1 N–H and O–H groups in total. The molecule has 1 rings (SSSR count). The monoisotopic (exact) mass is 213 g/mol. The van der Waals surface area contributed by atoms with E-state index >= 15 is 0 Å². The van der Waals surface area contributed by atoms with Crippen LogP contribution in [0.4, 0.5) is 0 Å². The summed E-state index contributed by atoms with van der Waals surface area (Å²) in [5, 5.41) is 11.7. The fourth-order valence-corrected chi connectivity index (χ4v) is 3.08. The highest BCUT2D eigenvalue weighted by Gasteiger charge is 2.45. The molecule has 1 unspecified atom stereocenters. The molecule has 0 spiro atoms. The van der Waals surface area contributed by atoms with Crippen LogP contribution in [-0.2, 0) is 0 Å².